The monoisotopic (exact) mass is 172 g/mol. The third kappa shape index (κ3) is 2.76. The Kier molecular flexibility index (Phi) is 3.13. The van der Waals surface area contributed by atoms with Crippen LogP contribution >= 0.6 is 0 Å². The third-order valence-electron chi connectivity index (χ3n) is 2.16. The first-order chi connectivity index (χ1) is 5.52. The first-order valence-corrected chi connectivity index (χ1v) is 4.83. The van der Waals surface area contributed by atoms with Crippen molar-refractivity contribution in [1.82, 2.24) is 0 Å². The lowest BCUT2D eigenvalue weighted by Crippen LogP contribution is -2.42. The summed E-state index contributed by atoms with van der Waals surface area (Å²) in [4.78, 5) is 0. The molecule has 0 aromatic carbocycles. The number of hydrogen-bond donors (Lipinski definition) is 0. The summed E-state index contributed by atoms with van der Waals surface area (Å²) in [6, 6.07) is 0. The van der Waals surface area contributed by atoms with Crippen molar-refractivity contribution in [2.75, 3.05) is 6.61 Å². The molecule has 0 aromatic heterocycles. The molecule has 0 saturated carbocycles. The van der Waals surface area contributed by atoms with E-state index in [0.717, 1.165) is 19.4 Å². The molecule has 1 heterocycles. The Bertz CT molecular complexity index is 141. The van der Waals surface area contributed by atoms with E-state index in [2.05, 4.69) is 20.8 Å². The van der Waals surface area contributed by atoms with Crippen molar-refractivity contribution in [3.63, 3.8) is 0 Å². The van der Waals surface area contributed by atoms with Gasteiger partial charge in [0.1, 0.15) is 0 Å². The van der Waals surface area contributed by atoms with Gasteiger partial charge in [0.25, 0.3) is 0 Å². The Morgan fingerprint density at radius 2 is 2.17 bits per heavy atom. The second kappa shape index (κ2) is 3.75. The SMILES string of the molecule is CC(C)CC1(C)OCCC(C)O1. The van der Waals surface area contributed by atoms with Crippen molar-refractivity contribution in [3.05, 3.63) is 0 Å². The second-order valence-corrected chi connectivity index (χ2v) is 4.30. The topological polar surface area (TPSA) is 18.5 Å². The van der Waals surface area contributed by atoms with E-state index in [1.54, 1.807) is 0 Å². The summed E-state index contributed by atoms with van der Waals surface area (Å²) in [7, 11) is 0. The highest BCUT2D eigenvalue weighted by Crippen LogP contribution is 2.28. The van der Waals surface area contributed by atoms with Crippen molar-refractivity contribution in [2.24, 2.45) is 5.92 Å². The Hall–Kier alpha value is -0.0800. The van der Waals surface area contributed by atoms with Gasteiger partial charge in [-0.2, -0.15) is 0 Å². The molecule has 0 aliphatic carbocycles. The van der Waals surface area contributed by atoms with Crippen LogP contribution in [0.5, 0.6) is 0 Å². The summed E-state index contributed by atoms with van der Waals surface area (Å²) < 4.78 is 11.4. The second-order valence-electron chi connectivity index (χ2n) is 4.30. The van der Waals surface area contributed by atoms with Crippen molar-refractivity contribution >= 4 is 0 Å². The average molecular weight is 172 g/mol. The lowest BCUT2D eigenvalue weighted by molar-refractivity contribution is -0.286. The van der Waals surface area contributed by atoms with Crippen LogP contribution in [-0.4, -0.2) is 18.5 Å². The lowest BCUT2D eigenvalue weighted by atomic mass is 10.0. The molecule has 1 saturated heterocycles. The highest BCUT2D eigenvalue weighted by molar-refractivity contribution is 4.71. The minimum atomic E-state index is -0.328. The molecule has 2 heteroatoms. The first-order valence-electron chi connectivity index (χ1n) is 4.83. The van der Waals surface area contributed by atoms with E-state index in [1.165, 1.54) is 0 Å². The average Bonchev–Trinajstić information content (AvgIpc) is 1.82. The highest BCUT2D eigenvalue weighted by atomic mass is 16.7. The summed E-state index contributed by atoms with van der Waals surface area (Å²) in [5.41, 5.74) is 0. The molecule has 12 heavy (non-hydrogen) atoms. The molecular formula is C10H20O2. The van der Waals surface area contributed by atoms with Gasteiger partial charge in [-0.3, -0.25) is 0 Å². The predicted octanol–water partition coefficient (Wildman–Crippen LogP) is 2.57. The van der Waals surface area contributed by atoms with Crippen LogP contribution in [0.25, 0.3) is 0 Å². The van der Waals surface area contributed by atoms with E-state index in [4.69, 9.17) is 9.47 Å². The van der Waals surface area contributed by atoms with Gasteiger partial charge in [-0.1, -0.05) is 13.8 Å². The Morgan fingerprint density at radius 3 is 2.67 bits per heavy atom. The van der Waals surface area contributed by atoms with E-state index in [1.807, 2.05) is 6.92 Å². The van der Waals surface area contributed by atoms with Crippen LogP contribution in [-0.2, 0) is 9.47 Å². The number of hydrogen-bond acceptors (Lipinski definition) is 2. The Balaban J connectivity index is 2.45. The molecule has 2 atom stereocenters. The molecule has 0 radical (unpaired) electrons. The summed E-state index contributed by atoms with van der Waals surface area (Å²) in [5.74, 6) is 0.298. The molecule has 1 rings (SSSR count). The maximum absolute atomic E-state index is 5.76. The molecule has 0 aromatic rings. The van der Waals surface area contributed by atoms with Crippen molar-refractivity contribution < 1.29 is 9.47 Å². The molecule has 2 unspecified atom stereocenters. The van der Waals surface area contributed by atoms with Gasteiger partial charge in [0.2, 0.25) is 0 Å². The molecule has 0 spiro atoms. The van der Waals surface area contributed by atoms with Gasteiger partial charge in [0.05, 0.1) is 12.7 Å². The van der Waals surface area contributed by atoms with Gasteiger partial charge in [0.15, 0.2) is 5.79 Å². The smallest absolute Gasteiger partial charge is 0.166 e. The van der Waals surface area contributed by atoms with Crippen molar-refractivity contribution in [2.45, 2.75) is 52.4 Å². The van der Waals surface area contributed by atoms with Crippen LogP contribution in [0.2, 0.25) is 0 Å². The zero-order chi connectivity index (χ0) is 9.19. The van der Waals surface area contributed by atoms with Crippen molar-refractivity contribution in [3.8, 4) is 0 Å². The van der Waals surface area contributed by atoms with Gasteiger partial charge in [-0.05, 0) is 26.2 Å². The zero-order valence-corrected chi connectivity index (χ0v) is 8.59. The standard InChI is InChI=1S/C10H20O2/c1-8(2)7-10(4)11-6-5-9(3)12-10/h8-9H,5-7H2,1-4H3. The molecular weight excluding hydrogens is 152 g/mol. The predicted molar refractivity (Wildman–Crippen MR) is 49.0 cm³/mol. The van der Waals surface area contributed by atoms with Gasteiger partial charge >= 0.3 is 0 Å². The molecule has 2 nitrogen and oxygen atoms in total. The van der Waals surface area contributed by atoms with E-state index in [-0.39, 0.29) is 5.79 Å². The fourth-order valence-electron chi connectivity index (χ4n) is 1.81. The minimum Gasteiger partial charge on any atom is -0.350 e. The molecule has 72 valence electrons. The fourth-order valence-corrected chi connectivity index (χ4v) is 1.81. The maximum atomic E-state index is 5.76. The van der Waals surface area contributed by atoms with Crippen LogP contribution < -0.4 is 0 Å². The van der Waals surface area contributed by atoms with Crippen LogP contribution in [0.3, 0.4) is 0 Å². The summed E-state index contributed by atoms with van der Waals surface area (Å²) >= 11 is 0. The normalized spacial score (nSPS) is 37.2. The van der Waals surface area contributed by atoms with Crippen LogP contribution in [0.1, 0.15) is 40.5 Å². The molecule has 1 aliphatic rings. The van der Waals surface area contributed by atoms with Gasteiger partial charge < -0.3 is 9.47 Å². The molecule has 0 N–H and O–H groups in total. The summed E-state index contributed by atoms with van der Waals surface area (Å²) in [6.07, 6.45) is 2.35. The highest BCUT2D eigenvalue weighted by Gasteiger charge is 2.32. The Labute approximate surface area is 75.2 Å². The number of rotatable bonds is 2. The molecule has 1 aliphatic heterocycles. The lowest BCUT2D eigenvalue weighted by Gasteiger charge is -2.38. The van der Waals surface area contributed by atoms with Gasteiger partial charge in [-0.15, -0.1) is 0 Å². The maximum Gasteiger partial charge on any atom is 0.166 e. The van der Waals surface area contributed by atoms with E-state index in [9.17, 15) is 0 Å². The van der Waals surface area contributed by atoms with Crippen LogP contribution in [0, 0.1) is 5.92 Å². The van der Waals surface area contributed by atoms with Crippen molar-refractivity contribution in [1.29, 1.82) is 0 Å². The molecule has 1 fully saturated rings. The molecule has 0 bridgehead atoms. The first kappa shape index (κ1) is 10.0. The van der Waals surface area contributed by atoms with Gasteiger partial charge in [-0.25, -0.2) is 0 Å². The van der Waals surface area contributed by atoms with Gasteiger partial charge in [0, 0.05) is 6.42 Å². The fraction of sp³-hybridized carbons (Fsp3) is 1.00. The van der Waals surface area contributed by atoms with E-state index >= 15 is 0 Å². The summed E-state index contributed by atoms with van der Waals surface area (Å²) in [5, 5.41) is 0. The number of ether oxygens (including phenoxy) is 2. The van der Waals surface area contributed by atoms with Crippen LogP contribution in [0.4, 0.5) is 0 Å². The van der Waals surface area contributed by atoms with Crippen LogP contribution in [0.15, 0.2) is 0 Å². The largest absolute Gasteiger partial charge is 0.350 e. The molecule has 0 amide bonds. The summed E-state index contributed by atoms with van der Waals surface area (Å²) in [6.45, 7) is 9.38. The minimum absolute atomic E-state index is 0.328. The Morgan fingerprint density at radius 1 is 1.50 bits per heavy atom. The third-order valence-corrected chi connectivity index (χ3v) is 2.16. The quantitative estimate of drug-likeness (QED) is 0.637. The zero-order valence-electron chi connectivity index (χ0n) is 8.59. The van der Waals surface area contributed by atoms with E-state index < -0.39 is 0 Å². The van der Waals surface area contributed by atoms with E-state index in [0.29, 0.717) is 12.0 Å².